The molecule has 1 fully saturated rings. The van der Waals surface area contributed by atoms with E-state index >= 15 is 0 Å². The topological polar surface area (TPSA) is 85.2 Å². The number of aromatic nitrogens is 4. The van der Waals surface area contributed by atoms with Crippen molar-refractivity contribution in [2.24, 2.45) is 7.05 Å². The average Bonchev–Trinajstić information content (AvgIpc) is 3.41. The van der Waals surface area contributed by atoms with Crippen molar-refractivity contribution in [3.8, 4) is 5.75 Å². The summed E-state index contributed by atoms with van der Waals surface area (Å²) in [5, 5.41) is 7.18. The van der Waals surface area contributed by atoms with Crippen molar-refractivity contribution in [2.45, 2.75) is 32.4 Å². The Kier molecular flexibility index (Phi) is 6.27. The quantitative estimate of drug-likeness (QED) is 0.632. The van der Waals surface area contributed by atoms with E-state index in [2.05, 4.69) is 25.3 Å². The standard InChI is InChI=1S/C23H28N6O2/c1-16-21(23(30)25-10-17-5-4-6-20(9-17)31-3)12-24-22(27-16)19-7-8-29(15-19)14-18-11-26-28(2)13-18/h4-6,9,11-13,19H,7-8,10,14-15H2,1-3H3,(H,25,30). The van der Waals surface area contributed by atoms with E-state index in [9.17, 15) is 4.79 Å². The summed E-state index contributed by atoms with van der Waals surface area (Å²) >= 11 is 0. The van der Waals surface area contributed by atoms with Crippen LogP contribution in [-0.4, -0.2) is 50.8 Å². The van der Waals surface area contributed by atoms with Crippen molar-refractivity contribution < 1.29 is 9.53 Å². The zero-order chi connectivity index (χ0) is 21.8. The SMILES string of the molecule is COc1cccc(CNC(=O)c2cnc(C3CCN(Cc4cnn(C)c4)C3)nc2C)c1. The smallest absolute Gasteiger partial charge is 0.254 e. The highest BCUT2D eigenvalue weighted by Crippen LogP contribution is 2.26. The number of benzene rings is 1. The average molecular weight is 421 g/mol. The molecule has 162 valence electrons. The molecule has 1 N–H and O–H groups in total. The van der Waals surface area contributed by atoms with Gasteiger partial charge in [-0.1, -0.05) is 12.1 Å². The first-order valence-electron chi connectivity index (χ1n) is 10.5. The molecular weight excluding hydrogens is 392 g/mol. The molecule has 1 atom stereocenters. The molecule has 1 aliphatic rings. The highest BCUT2D eigenvalue weighted by Gasteiger charge is 2.27. The first-order chi connectivity index (χ1) is 15.0. The molecule has 8 nitrogen and oxygen atoms in total. The van der Waals surface area contributed by atoms with Crippen LogP contribution in [0.5, 0.6) is 5.75 Å². The highest BCUT2D eigenvalue weighted by atomic mass is 16.5. The lowest BCUT2D eigenvalue weighted by atomic mass is 10.1. The highest BCUT2D eigenvalue weighted by molar-refractivity contribution is 5.94. The Labute approximate surface area is 182 Å². The lowest BCUT2D eigenvalue weighted by Gasteiger charge is -2.15. The lowest BCUT2D eigenvalue weighted by Crippen LogP contribution is -2.25. The first kappa shape index (κ1) is 21.0. The van der Waals surface area contributed by atoms with Gasteiger partial charge < -0.3 is 10.1 Å². The van der Waals surface area contributed by atoms with Gasteiger partial charge in [-0.25, -0.2) is 9.97 Å². The van der Waals surface area contributed by atoms with Crippen molar-refractivity contribution in [3.63, 3.8) is 0 Å². The molecule has 8 heteroatoms. The summed E-state index contributed by atoms with van der Waals surface area (Å²) in [6.45, 7) is 5.09. The Bertz CT molecular complexity index is 1060. The molecule has 3 heterocycles. The van der Waals surface area contributed by atoms with E-state index in [-0.39, 0.29) is 11.8 Å². The third-order valence-electron chi connectivity index (χ3n) is 5.63. The van der Waals surface area contributed by atoms with Gasteiger partial charge in [-0.05, 0) is 37.6 Å². The van der Waals surface area contributed by atoms with Gasteiger partial charge in [-0.3, -0.25) is 14.4 Å². The molecule has 1 aromatic carbocycles. The van der Waals surface area contributed by atoms with E-state index in [1.807, 2.05) is 55.3 Å². The molecule has 0 bridgehead atoms. The van der Waals surface area contributed by atoms with E-state index in [0.717, 1.165) is 43.2 Å². The number of nitrogens with zero attached hydrogens (tertiary/aromatic N) is 5. The number of aryl methyl sites for hydroxylation is 2. The maximum absolute atomic E-state index is 12.6. The molecule has 1 saturated heterocycles. The molecule has 0 radical (unpaired) electrons. The molecule has 2 aromatic heterocycles. The van der Waals surface area contributed by atoms with Gasteiger partial charge in [-0.2, -0.15) is 5.10 Å². The molecule has 0 saturated carbocycles. The van der Waals surface area contributed by atoms with Gasteiger partial charge in [-0.15, -0.1) is 0 Å². The third kappa shape index (κ3) is 5.08. The molecule has 1 amide bonds. The summed E-state index contributed by atoms with van der Waals surface area (Å²) in [5.41, 5.74) is 3.40. The molecular formula is C23H28N6O2. The Balaban J connectivity index is 1.35. The van der Waals surface area contributed by atoms with Gasteiger partial charge in [0.15, 0.2) is 0 Å². The Morgan fingerprint density at radius 2 is 2.16 bits per heavy atom. The Hall–Kier alpha value is -3.26. The summed E-state index contributed by atoms with van der Waals surface area (Å²) in [6.07, 6.45) is 6.63. The lowest BCUT2D eigenvalue weighted by molar-refractivity contribution is 0.0949. The zero-order valence-corrected chi connectivity index (χ0v) is 18.2. The van der Waals surface area contributed by atoms with Crippen LogP contribution in [0.15, 0.2) is 42.9 Å². The number of carbonyl (C=O) groups is 1. The maximum Gasteiger partial charge on any atom is 0.254 e. The van der Waals surface area contributed by atoms with Gasteiger partial charge in [0.25, 0.3) is 5.91 Å². The molecule has 0 spiro atoms. The number of hydrogen-bond donors (Lipinski definition) is 1. The number of amides is 1. The number of carbonyl (C=O) groups excluding carboxylic acids is 1. The van der Waals surface area contributed by atoms with Crippen LogP contribution in [0.1, 0.15) is 45.3 Å². The van der Waals surface area contributed by atoms with E-state index in [4.69, 9.17) is 4.74 Å². The number of nitrogens with one attached hydrogen (secondary N) is 1. The minimum Gasteiger partial charge on any atom is -0.497 e. The molecule has 3 aromatic rings. The fraction of sp³-hybridized carbons (Fsp3) is 0.391. The van der Waals surface area contributed by atoms with Gasteiger partial charge in [0, 0.05) is 50.6 Å². The first-order valence-corrected chi connectivity index (χ1v) is 10.5. The molecule has 0 aliphatic carbocycles. The van der Waals surface area contributed by atoms with Gasteiger partial charge in [0.2, 0.25) is 0 Å². The van der Waals surface area contributed by atoms with Gasteiger partial charge >= 0.3 is 0 Å². The summed E-state index contributed by atoms with van der Waals surface area (Å²) < 4.78 is 7.06. The van der Waals surface area contributed by atoms with Crippen molar-refractivity contribution in [2.75, 3.05) is 20.2 Å². The second-order valence-corrected chi connectivity index (χ2v) is 8.00. The van der Waals surface area contributed by atoms with Crippen LogP contribution in [0.3, 0.4) is 0 Å². The zero-order valence-electron chi connectivity index (χ0n) is 18.2. The minimum absolute atomic E-state index is 0.170. The monoisotopic (exact) mass is 420 g/mol. The van der Waals surface area contributed by atoms with Crippen LogP contribution in [0.4, 0.5) is 0 Å². The normalized spacial score (nSPS) is 16.4. The number of hydrogen-bond acceptors (Lipinski definition) is 6. The van der Waals surface area contributed by atoms with Crippen LogP contribution in [0, 0.1) is 6.92 Å². The maximum atomic E-state index is 12.6. The molecule has 1 unspecified atom stereocenters. The van der Waals surface area contributed by atoms with Crippen LogP contribution in [0.2, 0.25) is 0 Å². The summed E-state index contributed by atoms with van der Waals surface area (Å²) in [7, 11) is 3.56. The number of methoxy groups -OCH3 is 1. The predicted molar refractivity (Wildman–Crippen MR) is 117 cm³/mol. The van der Waals surface area contributed by atoms with E-state index in [1.54, 1.807) is 13.3 Å². The summed E-state index contributed by atoms with van der Waals surface area (Å²) in [4.78, 5) is 24.2. The third-order valence-corrected chi connectivity index (χ3v) is 5.63. The van der Waals surface area contributed by atoms with E-state index < -0.39 is 0 Å². The van der Waals surface area contributed by atoms with Gasteiger partial charge in [0.1, 0.15) is 11.6 Å². The Morgan fingerprint density at radius 1 is 1.29 bits per heavy atom. The van der Waals surface area contributed by atoms with Crippen LogP contribution in [-0.2, 0) is 20.1 Å². The number of likely N-dealkylation sites (tertiary alicyclic amines) is 1. The number of ether oxygens (including phenoxy) is 1. The van der Waals surface area contributed by atoms with Crippen molar-refractivity contribution >= 4 is 5.91 Å². The molecule has 1 aliphatic heterocycles. The van der Waals surface area contributed by atoms with Gasteiger partial charge in [0.05, 0.1) is 24.6 Å². The van der Waals surface area contributed by atoms with Crippen molar-refractivity contribution in [1.82, 2.24) is 30.0 Å². The second kappa shape index (κ2) is 9.26. The minimum atomic E-state index is -0.170. The second-order valence-electron chi connectivity index (χ2n) is 8.00. The Morgan fingerprint density at radius 3 is 2.90 bits per heavy atom. The van der Waals surface area contributed by atoms with Crippen LogP contribution < -0.4 is 10.1 Å². The van der Waals surface area contributed by atoms with E-state index in [1.165, 1.54) is 5.56 Å². The fourth-order valence-electron chi connectivity index (χ4n) is 3.96. The molecule has 4 rings (SSSR count). The van der Waals surface area contributed by atoms with E-state index in [0.29, 0.717) is 17.8 Å². The summed E-state index contributed by atoms with van der Waals surface area (Å²) in [6, 6.07) is 7.64. The van der Waals surface area contributed by atoms with Crippen molar-refractivity contribution in [3.05, 3.63) is 71.1 Å². The van der Waals surface area contributed by atoms with Crippen molar-refractivity contribution in [1.29, 1.82) is 0 Å². The van der Waals surface area contributed by atoms with Crippen LogP contribution >= 0.6 is 0 Å². The largest absolute Gasteiger partial charge is 0.497 e. The van der Waals surface area contributed by atoms with Crippen LogP contribution in [0.25, 0.3) is 0 Å². The predicted octanol–water partition coefficient (Wildman–Crippen LogP) is 2.45. The fourth-order valence-corrected chi connectivity index (χ4v) is 3.96. The molecule has 31 heavy (non-hydrogen) atoms. The summed E-state index contributed by atoms with van der Waals surface area (Å²) in [5.74, 6) is 1.70. The number of rotatable bonds is 7.